The highest BCUT2D eigenvalue weighted by Gasteiger charge is 2.16. The summed E-state index contributed by atoms with van der Waals surface area (Å²) in [6, 6.07) is 7.19. The van der Waals surface area contributed by atoms with Crippen LogP contribution >= 0.6 is 25.3 Å². The summed E-state index contributed by atoms with van der Waals surface area (Å²) < 4.78 is 0. The Morgan fingerprint density at radius 1 is 1.06 bits per heavy atom. The first kappa shape index (κ1) is 13.5. The molecule has 2 nitrogen and oxygen atoms in total. The lowest BCUT2D eigenvalue weighted by Crippen LogP contribution is -2.14. The molecule has 0 amide bonds. The topological polar surface area (TPSA) is 34.1 Å². The molecule has 0 aliphatic heterocycles. The van der Waals surface area contributed by atoms with E-state index in [1.54, 1.807) is 18.2 Å². The summed E-state index contributed by atoms with van der Waals surface area (Å²) in [7, 11) is 6.65. The zero-order chi connectivity index (χ0) is 12.3. The molecule has 6 heteroatoms. The van der Waals surface area contributed by atoms with Gasteiger partial charge in [0.25, 0.3) is 0 Å². The second-order valence-corrected chi connectivity index (χ2v) is 4.76. The monoisotopic (exact) mass is 278 g/mol. The molecule has 1 aromatic carbocycles. The molecule has 0 heterocycles. The largest absolute Gasteiger partial charge is 0.282 e. The van der Waals surface area contributed by atoms with Gasteiger partial charge < -0.3 is 0 Å². The summed E-state index contributed by atoms with van der Waals surface area (Å²) in [6.45, 7) is 0. The first-order valence-electron chi connectivity index (χ1n) is 4.18. The van der Waals surface area contributed by atoms with Crippen LogP contribution in [0.2, 0.25) is 0 Å². The molecule has 0 atom stereocenters. The third-order valence-electron chi connectivity index (χ3n) is 1.87. The van der Waals surface area contributed by atoms with Crippen molar-refractivity contribution in [1.82, 2.24) is 0 Å². The maximum absolute atomic E-state index is 11.2. The molecule has 0 aliphatic rings. The molecule has 0 saturated carbocycles. The van der Waals surface area contributed by atoms with E-state index < -0.39 is 10.2 Å². The molecule has 6 radical (unpaired) electrons. The van der Waals surface area contributed by atoms with Crippen molar-refractivity contribution >= 4 is 66.4 Å². The van der Waals surface area contributed by atoms with Crippen LogP contribution < -0.4 is 5.19 Å². The van der Waals surface area contributed by atoms with E-state index in [1.807, 2.05) is 6.07 Å². The number of thiol groups is 2. The number of hydrogen-bond acceptors (Lipinski definition) is 2. The van der Waals surface area contributed by atoms with Gasteiger partial charge in [-0.2, -0.15) is 0 Å². The van der Waals surface area contributed by atoms with Gasteiger partial charge in [0.2, 0.25) is 10.2 Å². The van der Waals surface area contributed by atoms with Crippen molar-refractivity contribution in [3.8, 4) is 0 Å². The molecule has 1 aromatic rings. The SMILES string of the molecule is O=C(S)C(C(=O)S)=C([Si])c1ccccc1[Si]. The highest BCUT2D eigenvalue weighted by molar-refractivity contribution is 8.00. The molecule has 0 N–H and O–H groups in total. The van der Waals surface area contributed by atoms with Crippen LogP contribution in [-0.4, -0.2) is 30.7 Å². The van der Waals surface area contributed by atoms with Gasteiger partial charge in [-0.3, -0.25) is 9.59 Å². The van der Waals surface area contributed by atoms with Crippen molar-refractivity contribution in [2.24, 2.45) is 0 Å². The normalized spacial score (nSPS) is 9.75. The second-order valence-electron chi connectivity index (χ2n) is 2.91. The van der Waals surface area contributed by atoms with Gasteiger partial charge in [-0.05, 0) is 10.8 Å². The van der Waals surface area contributed by atoms with Crippen LogP contribution in [0, 0.1) is 0 Å². The van der Waals surface area contributed by atoms with Crippen LogP contribution in [0.3, 0.4) is 0 Å². The van der Waals surface area contributed by atoms with Crippen molar-refractivity contribution < 1.29 is 9.59 Å². The Morgan fingerprint density at radius 2 is 1.56 bits per heavy atom. The number of hydrogen-bond donors (Lipinski definition) is 2. The Balaban J connectivity index is 3.42. The maximum atomic E-state index is 11.2. The first-order valence-corrected chi connectivity index (χ1v) is 6.08. The van der Waals surface area contributed by atoms with Crippen molar-refractivity contribution in [1.29, 1.82) is 0 Å². The Morgan fingerprint density at radius 3 is 2.00 bits per heavy atom. The molecule has 0 fully saturated rings. The van der Waals surface area contributed by atoms with Gasteiger partial charge in [-0.1, -0.05) is 29.5 Å². The third kappa shape index (κ3) is 2.97. The van der Waals surface area contributed by atoms with E-state index in [0.29, 0.717) is 10.8 Å². The number of rotatable bonds is 3. The van der Waals surface area contributed by atoms with Crippen LogP contribution in [0.15, 0.2) is 29.8 Å². The zero-order valence-electron chi connectivity index (χ0n) is 8.02. The standard InChI is InChI=1S/C10H6O2S2Si2/c11-9(13)7(10(12)14)8(16)5-3-1-2-4-6(5)15/h1-4H,(H,11,13)(H,12,14). The van der Waals surface area contributed by atoms with E-state index in [4.69, 9.17) is 0 Å². The van der Waals surface area contributed by atoms with Gasteiger partial charge in [0.05, 0.1) is 26.1 Å². The summed E-state index contributed by atoms with van der Waals surface area (Å²) in [6.07, 6.45) is 0. The van der Waals surface area contributed by atoms with Crippen molar-refractivity contribution in [3.05, 3.63) is 35.4 Å². The van der Waals surface area contributed by atoms with Crippen molar-refractivity contribution in [3.63, 3.8) is 0 Å². The van der Waals surface area contributed by atoms with Gasteiger partial charge >= 0.3 is 0 Å². The average Bonchev–Trinajstić information content (AvgIpc) is 2.16. The molecule has 78 valence electrons. The fraction of sp³-hybridized carbons (Fsp3) is 0. The summed E-state index contributed by atoms with van der Waals surface area (Å²) >= 11 is 7.29. The minimum Gasteiger partial charge on any atom is -0.282 e. The van der Waals surface area contributed by atoms with Crippen molar-refractivity contribution in [2.45, 2.75) is 0 Å². The molecule has 16 heavy (non-hydrogen) atoms. The van der Waals surface area contributed by atoms with Crippen LogP contribution in [0.5, 0.6) is 0 Å². The highest BCUT2D eigenvalue weighted by atomic mass is 32.1. The predicted octanol–water partition coefficient (Wildman–Crippen LogP) is 0.273. The van der Waals surface area contributed by atoms with E-state index >= 15 is 0 Å². The maximum Gasteiger partial charge on any atom is 0.220 e. The predicted molar refractivity (Wildman–Crippen MR) is 72.5 cm³/mol. The van der Waals surface area contributed by atoms with Gasteiger partial charge in [-0.25, -0.2) is 0 Å². The molecular weight excluding hydrogens is 272 g/mol. The molecule has 0 saturated heterocycles. The number of benzene rings is 1. The molecular formula is C10H6O2S2Si2. The molecule has 0 bridgehead atoms. The van der Waals surface area contributed by atoms with Gasteiger partial charge in [-0.15, -0.1) is 25.3 Å². The summed E-state index contributed by atoms with van der Waals surface area (Å²) in [5.74, 6) is 0. The molecule has 0 unspecified atom stereocenters. The molecule has 0 aromatic heterocycles. The summed E-state index contributed by atoms with van der Waals surface area (Å²) in [5, 5.41) is -0.125. The summed E-state index contributed by atoms with van der Waals surface area (Å²) in [4.78, 5) is 22.4. The van der Waals surface area contributed by atoms with E-state index in [0.717, 1.165) is 5.19 Å². The lowest BCUT2D eigenvalue weighted by Gasteiger charge is -2.08. The van der Waals surface area contributed by atoms with Crippen LogP contribution in [0.4, 0.5) is 0 Å². The minimum absolute atomic E-state index is 0.0889. The Bertz CT molecular complexity index is 467. The van der Waals surface area contributed by atoms with Gasteiger partial charge in [0.15, 0.2) is 0 Å². The quantitative estimate of drug-likeness (QED) is 0.274. The second kappa shape index (κ2) is 5.67. The number of carbonyl (C=O) groups excluding carboxylic acids is 2. The third-order valence-corrected chi connectivity index (χ3v) is 3.28. The van der Waals surface area contributed by atoms with Crippen molar-refractivity contribution in [2.75, 3.05) is 0 Å². The lowest BCUT2D eigenvalue weighted by atomic mass is 10.1. The van der Waals surface area contributed by atoms with Gasteiger partial charge in [0, 0.05) is 0 Å². The molecule has 1 rings (SSSR count). The average molecular weight is 278 g/mol. The van der Waals surface area contributed by atoms with Gasteiger partial charge in [0.1, 0.15) is 0 Å². The van der Waals surface area contributed by atoms with E-state index in [9.17, 15) is 9.59 Å². The Kier molecular flexibility index (Phi) is 4.78. The molecule has 0 aliphatic carbocycles. The highest BCUT2D eigenvalue weighted by Crippen LogP contribution is 2.17. The fourth-order valence-electron chi connectivity index (χ4n) is 1.14. The van der Waals surface area contributed by atoms with Crippen LogP contribution in [-0.2, 0) is 9.59 Å². The lowest BCUT2D eigenvalue weighted by molar-refractivity contribution is -0.112. The molecule has 0 spiro atoms. The first-order chi connectivity index (χ1) is 7.45. The van der Waals surface area contributed by atoms with Crippen LogP contribution in [0.1, 0.15) is 5.56 Å². The Hall–Kier alpha value is -0.566. The minimum atomic E-state index is -0.625. The smallest absolute Gasteiger partial charge is 0.220 e. The summed E-state index contributed by atoms with van der Waals surface area (Å²) in [5.41, 5.74) is 0.602. The number of carbonyl (C=O) groups is 2. The van der Waals surface area contributed by atoms with E-state index in [2.05, 4.69) is 45.7 Å². The fourth-order valence-corrected chi connectivity index (χ4v) is 2.74. The van der Waals surface area contributed by atoms with E-state index in [1.165, 1.54) is 0 Å². The van der Waals surface area contributed by atoms with E-state index in [-0.39, 0.29) is 5.57 Å². The van der Waals surface area contributed by atoms with Crippen LogP contribution in [0.25, 0.3) is 5.20 Å². The zero-order valence-corrected chi connectivity index (χ0v) is 11.8. The Labute approximate surface area is 111 Å².